The summed E-state index contributed by atoms with van der Waals surface area (Å²) in [4.78, 5) is 39.1. The molecule has 0 saturated carbocycles. The first-order valence-corrected chi connectivity index (χ1v) is 4.46. The van der Waals surface area contributed by atoms with Crippen molar-refractivity contribution in [2.45, 2.75) is 24.9 Å². The summed E-state index contributed by atoms with van der Waals surface area (Å²) in [6.07, 6.45) is -1.13. The smallest absolute Gasteiger partial charge is 0.548 e. The van der Waals surface area contributed by atoms with Crippen LogP contribution in [-0.4, -0.2) is 51.3 Å². The Labute approximate surface area is 129 Å². The predicted octanol–water partition coefficient (Wildman–Crippen LogP) is -6.58. The summed E-state index contributed by atoms with van der Waals surface area (Å²) < 4.78 is 0. The van der Waals surface area contributed by atoms with Crippen molar-refractivity contribution in [3.05, 3.63) is 0 Å². The molecule has 0 aliphatic carbocycles. The molecule has 0 aromatic rings. The van der Waals surface area contributed by atoms with E-state index in [1.54, 1.807) is 0 Å². The van der Waals surface area contributed by atoms with Crippen LogP contribution in [0, 0.1) is 0 Å². The molecule has 0 aliphatic heterocycles. The Bertz CT molecular complexity index is 303. The van der Waals surface area contributed by atoms with E-state index in [1.165, 1.54) is 0 Å². The average molecular weight is 288 g/mol. The minimum atomic E-state index is -1.54. The van der Waals surface area contributed by atoms with Crippen LogP contribution < -0.4 is 46.1 Å². The molecule has 0 rings (SSSR count). The first-order chi connectivity index (χ1) is 8.07. The molecule has 7 N–H and O–H groups in total. The Morgan fingerprint density at radius 2 is 1.21 bits per heavy atom. The summed E-state index contributed by atoms with van der Waals surface area (Å²) in [5.41, 5.74) is 9.61. The molecule has 0 radical (unpaired) electrons. The van der Waals surface area contributed by atoms with E-state index in [-0.39, 0.29) is 29.6 Å². The number of rotatable bonds is 6. The third-order valence-corrected chi connectivity index (χ3v) is 1.41. The third-order valence-electron chi connectivity index (χ3n) is 1.41. The molecular formula is C8H13N2NaO8. The predicted molar refractivity (Wildman–Crippen MR) is 53.1 cm³/mol. The molecule has 10 nitrogen and oxygen atoms in total. The zero-order valence-corrected chi connectivity index (χ0v) is 12.1. The molecule has 104 valence electrons. The van der Waals surface area contributed by atoms with Crippen molar-refractivity contribution >= 4 is 23.9 Å². The van der Waals surface area contributed by atoms with Crippen molar-refractivity contribution in [3.63, 3.8) is 0 Å². The second-order valence-electron chi connectivity index (χ2n) is 3.07. The molecule has 0 spiro atoms. The summed E-state index contributed by atoms with van der Waals surface area (Å²) in [5, 5.41) is 33.7. The van der Waals surface area contributed by atoms with Gasteiger partial charge in [-0.25, -0.2) is 0 Å². The summed E-state index contributed by atoms with van der Waals surface area (Å²) >= 11 is 0. The zero-order valence-electron chi connectivity index (χ0n) is 10.1. The fourth-order valence-corrected chi connectivity index (χ4v) is 0.547. The van der Waals surface area contributed by atoms with E-state index in [1.807, 2.05) is 0 Å². The normalized spacial score (nSPS) is 11.9. The standard InChI is InChI=1S/2C4H7NO4.Na/c2*5-2(4(8)9)1-3(6)7;/h2*2H,1,5H2,(H,6,7)(H,8,9);/q;;+1/p-1. The van der Waals surface area contributed by atoms with E-state index in [4.69, 9.17) is 26.8 Å². The number of aliphatic carboxylic acids is 4. The summed E-state index contributed by atoms with van der Waals surface area (Å²) in [5.74, 6) is -5.29. The maximum Gasteiger partial charge on any atom is 1.00 e. The van der Waals surface area contributed by atoms with E-state index in [0.717, 1.165) is 0 Å². The van der Waals surface area contributed by atoms with Crippen LogP contribution in [0.2, 0.25) is 0 Å². The van der Waals surface area contributed by atoms with Crippen molar-refractivity contribution in [2.24, 2.45) is 11.5 Å². The van der Waals surface area contributed by atoms with Gasteiger partial charge in [0.25, 0.3) is 0 Å². The number of hydrogen-bond donors (Lipinski definition) is 5. The number of carboxylic acid groups (broad SMARTS) is 4. The second-order valence-corrected chi connectivity index (χ2v) is 3.07. The van der Waals surface area contributed by atoms with Gasteiger partial charge in [-0.1, -0.05) is 0 Å². The van der Waals surface area contributed by atoms with Crippen molar-refractivity contribution in [2.75, 3.05) is 0 Å². The van der Waals surface area contributed by atoms with Gasteiger partial charge in [-0.3, -0.25) is 14.4 Å². The second kappa shape index (κ2) is 11.9. The van der Waals surface area contributed by atoms with Crippen LogP contribution in [0.25, 0.3) is 0 Å². The molecule has 0 fully saturated rings. The number of nitrogens with two attached hydrogens (primary N) is 2. The van der Waals surface area contributed by atoms with E-state index >= 15 is 0 Å². The van der Waals surface area contributed by atoms with Gasteiger partial charge in [-0.2, -0.15) is 0 Å². The van der Waals surface area contributed by atoms with Crippen molar-refractivity contribution in [1.82, 2.24) is 0 Å². The fourth-order valence-electron chi connectivity index (χ4n) is 0.547. The van der Waals surface area contributed by atoms with E-state index < -0.39 is 48.8 Å². The largest absolute Gasteiger partial charge is 1.00 e. The Balaban J connectivity index is -0.000000256. The van der Waals surface area contributed by atoms with Gasteiger partial charge >= 0.3 is 47.5 Å². The van der Waals surface area contributed by atoms with Gasteiger partial charge in [0, 0.05) is 0 Å². The van der Waals surface area contributed by atoms with Gasteiger partial charge in [0.05, 0.1) is 24.9 Å². The molecule has 0 bridgehead atoms. The first-order valence-electron chi connectivity index (χ1n) is 4.46. The van der Waals surface area contributed by atoms with Gasteiger partial charge in [0.1, 0.15) is 6.04 Å². The van der Waals surface area contributed by atoms with Crippen LogP contribution in [0.4, 0.5) is 0 Å². The fraction of sp³-hybridized carbons (Fsp3) is 0.500. The van der Waals surface area contributed by atoms with Gasteiger partial charge in [-0.15, -0.1) is 0 Å². The summed E-state index contributed by atoms with van der Waals surface area (Å²) in [7, 11) is 0. The molecule has 0 aromatic heterocycles. The molecule has 0 aliphatic rings. The first kappa shape index (κ1) is 22.9. The Morgan fingerprint density at radius 3 is 1.32 bits per heavy atom. The van der Waals surface area contributed by atoms with Crippen molar-refractivity contribution < 1.29 is 69.2 Å². The monoisotopic (exact) mass is 288 g/mol. The quantitative estimate of drug-likeness (QED) is 0.292. The van der Waals surface area contributed by atoms with Crippen LogP contribution >= 0.6 is 0 Å². The molecule has 0 heterocycles. The molecule has 19 heavy (non-hydrogen) atoms. The molecular weight excluding hydrogens is 275 g/mol. The maximum absolute atomic E-state index is 9.85. The van der Waals surface area contributed by atoms with Crippen molar-refractivity contribution in [3.8, 4) is 0 Å². The van der Waals surface area contributed by atoms with Crippen LogP contribution in [0.5, 0.6) is 0 Å². The van der Waals surface area contributed by atoms with Crippen LogP contribution in [-0.2, 0) is 19.2 Å². The topological polar surface area (TPSA) is 204 Å². The minimum absolute atomic E-state index is 0. The van der Waals surface area contributed by atoms with E-state index in [9.17, 15) is 24.3 Å². The SMILES string of the molecule is NC(CC(=O)O)C(=O)O.NC(CC(=O)O)C(=O)[O-].[Na+]. The molecule has 0 saturated heterocycles. The third kappa shape index (κ3) is 16.8. The Kier molecular flexibility index (Phi) is 14.3. The molecule has 2 atom stereocenters. The summed E-state index contributed by atoms with van der Waals surface area (Å²) in [6, 6.07) is -2.69. The maximum atomic E-state index is 9.85. The number of hydrogen-bond acceptors (Lipinski definition) is 7. The van der Waals surface area contributed by atoms with E-state index in [2.05, 4.69) is 0 Å². The van der Waals surface area contributed by atoms with Crippen LogP contribution in [0.15, 0.2) is 0 Å². The van der Waals surface area contributed by atoms with Crippen LogP contribution in [0.1, 0.15) is 12.8 Å². The molecule has 0 amide bonds. The van der Waals surface area contributed by atoms with Crippen LogP contribution in [0.3, 0.4) is 0 Å². The van der Waals surface area contributed by atoms with Gasteiger partial charge < -0.3 is 36.7 Å². The van der Waals surface area contributed by atoms with E-state index in [0.29, 0.717) is 0 Å². The Morgan fingerprint density at radius 1 is 0.895 bits per heavy atom. The molecule has 11 heteroatoms. The number of carboxylic acids is 4. The minimum Gasteiger partial charge on any atom is -0.548 e. The Hall–Kier alpha value is -1.20. The molecule has 2 unspecified atom stereocenters. The summed E-state index contributed by atoms with van der Waals surface area (Å²) in [6.45, 7) is 0. The van der Waals surface area contributed by atoms with Crippen molar-refractivity contribution in [1.29, 1.82) is 0 Å². The molecule has 0 aromatic carbocycles. The number of carbonyl (C=O) groups excluding carboxylic acids is 1. The van der Waals surface area contributed by atoms with Gasteiger partial charge in [0.2, 0.25) is 0 Å². The van der Waals surface area contributed by atoms with Gasteiger partial charge in [0.15, 0.2) is 0 Å². The average Bonchev–Trinajstić information content (AvgIpc) is 2.16. The number of carbonyl (C=O) groups is 4. The van der Waals surface area contributed by atoms with Gasteiger partial charge in [-0.05, 0) is 0 Å². The zero-order chi connectivity index (χ0) is 14.9.